The molecular weight excluding hydrogens is 550 g/mol. The standard InChI is InChI=1S/C33H55N3O7/c1-18(32(37)35-14-12-19-6-10-25(39-2)27(16-19)41-4)43-20-7-9-24-23(17-20)21-13-15-34-29-22-8-11-26(40-3)31(42-5)28(22)33(38)36(24)30(21)29/h18-31,34H,6-17H2,1-5H3,(H,35,37)/t18-,19?,20?,21?,22?,23?,24?,25?,26?,27?,28?,29?,30?,31?/m1/s1. The van der Waals surface area contributed by atoms with Crippen LogP contribution in [0.25, 0.3) is 0 Å². The summed E-state index contributed by atoms with van der Waals surface area (Å²) in [5, 5.41) is 6.99. The lowest BCUT2D eigenvalue weighted by atomic mass is 9.64. The summed E-state index contributed by atoms with van der Waals surface area (Å²) in [5.74, 6) is 1.83. The van der Waals surface area contributed by atoms with E-state index in [1.807, 2.05) is 6.92 Å². The highest BCUT2D eigenvalue weighted by Gasteiger charge is 2.64. The summed E-state index contributed by atoms with van der Waals surface area (Å²) in [6.07, 6.45) is 9.41. The third-order valence-electron chi connectivity index (χ3n) is 12.3. The van der Waals surface area contributed by atoms with Gasteiger partial charge in [-0.2, -0.15) is 0 Å². The number of hydrogen-bond donors (Lipinski definition) is 2. The summed E-state index contributed by atoms with van der Waals surface area (Å²) in [6.45, 7) is 3.54. The molecule has 6 fully saturated rings. The van der Waals surface area contributed by atoms with Crippen LogP contribution in [0.15, 0.2) is 0 Å². The molecule has 2 N–H and O–H groups in total. The quantitative estimate of drug-likeness (QED) is 0.391. The predicted octanol–water partition coefficient (Wildman–Crippen LogP) is 2.52. The van der Waals surface area contributed by atoms with Crippen LogP contribution >= 0.6 is 0 Å². The Kier molecular flexibility index (Phi) is 10.0. The summed E-state index contributed by atoms with van der Waals surface area (Å²) in [4.78, 5) is 29.6. The van der Waals surface area contributed by atoms with Crippen LogP contribution < -0.4 is 10.6 Å². The zero-order valence-electron chi connectivity index (χ0n) is 26.9. The number of amides is 2. The van der Waals surface area contributed by atoms with Crippen molar-refractivity contribution in [3.05, 3.63) is 0 Å². The molecule has 3 aliphatic heterocycles. The van der Waals surface area contributed by atoms with Gasteiger partial charge in [0.25, 0.3) is 0 Å². The van der Waals surface area contributed by atoms with E-state index in [1.54, 1.807) is 28.4 Å². The third kappa shape index (κ3) is 5.89. The molecule has 0 radical (unpaired) electrons. The van der Waals surface area contributed by atoms with Gasteiger partial charge < -0.3 is 39.2 Å². The van der Waals surface area contributed by atoms with Crippen molar-refractivity contribution in [2.24, 2.45) is 29.6 Å². The van der Waals surface area contributed by atoms with Gasteiger partial charge in [0.05, 0.1) is 42.5 Å². The van der Waals surface area contributed by atoms with Gasteiger partial charge in [0.1, 0.15) is 6.10 Å². The Hall–Kier alpha value is -1.30. The van der Waals surface area contributed by atoms with Gasteiger partial charge in [-0.05, 0) is 101 Å². The van der Waals surface area contributed by atoms with Crippen molar-refractivity contribution in [3.63, 3.8) is 0 Å². The summed E-state index contributed by atoms with van der Waals surface area (Å²) >= 11 is 0. The van der Waals surface area contributed by atoms with E-state index in [4.69, 9.17) is 23.7 Å². The maximum absolute atomic E-state index is 14.3. The largest absolute Gasteiger partial charge is 0.379 e. The SMILES string of the molecule is COC1CCC(CCNC(=O)[C@@H](C)OC2CCC3C(C2)C2CCNC4C5CCC(OC)C(OC)C5C(=O)N3C24)CC1OC. The molecule has 0 spiro atoms. The van der Waals surface area contributed by atoms with Gasteiger partial charge in [-0.1, -0.05) is 0 Å². The minimum Gasteiger partial charge on any atom is -0.379 e. The fourth-order valence-corrected chi connectivity index (χ4v) is 10.3. The highest BCUT2D eigenvalue weighted by molar-refractivity contribution is 5.83. The van der Waals surface area contributed by atoms with Crippen molar-refractivity contribution in [3.8, 4) is 0 Å². The second-order valence-electron chi connectivity index (χ2n) is 14.2. The average Bonchev–Trinajstić information content (AvgIpc) is 3.37. The molecule has 3 aliphatic carbocycles. The number of carbonyl (C=O) groups is 2. The molecule has 244 valence electrons. The number of fused-ring (bicyclic) bond motifs is 5. The van der Waals surface area contributed by atoms with E-state index >= 15 is 0 Å². The number of carbonyl (C=O) groups excluding carboxylic acids is 2. The molecule has 43 heavy (non-hydrogen) atoms. The van der Waals surface area contributed by atoms with Gasteiger partial charge in [0, 0.05) is 47.1 Å². The first kappa shape index (κ1) is 31.7. The molecule has 10 nitrogen and oxygen atoms in total. The third-order valence-corrected chi connectivity index (χ3v) is 12.3. The van der Waals surface area contributed by atoms with E-state index in [9.17, 15) is 9.59 Å². The van der Waals surface area contributed by atoms with Crippen molar-refractivity contribution in [1.82, 2.24) is 15.5 Å². The lowest BCUT2D eigenvalue weighted by Crippen LogP contribution is -2.70. The van der Waals surface area contributed by atoms with E-state index in [0.29, 0.717) is 36.3 Å². The van der Waals surface area contributed by atoms with Crippen LogP contribution in [0.1, 0.15) is 71.1 Å². The topological polar surface area (TPSA) is 108 Å². The number of hydrogen-bond acceptors (Lipinski definition) is 8. The van der Waals surface area contributed by atoms with Gasteiger partial charge >= 0.3 is 0 Å². The molecule has 2 amide bonds. The summed E-state index contributed by atoms with van der Waals surface area (Å²) in [6, 6.07) is 0.819. The Bertz CT molecular complexity index is 984. The van der Waals surface area contributed by atoms with E-state index in [-0.39, 0.29) is 60.3 Å². The number of ether oxygens (including phenoxy) is 5. The molecule has 10 heteroatoms. The van der Waals surface area contributed by atoms with Gasteiger partial charge in [0.2, 0.25) is 11.8 Å². The molecule has 6 rings (SSSR count). The molecule has 3 saturated heterocycles. The van der Waals surface area contributed by atoms with Gasteiger partial charge in [-0.25, -0.2) is 0 Å². The molecule has 0 aromatic rings. The summed E-state index contributed by atoms with van der Waals surface area (Å²) in [5.41, 5.74) is 0. The van der Waals surface area contributed by atoms with Crippen molar-refractivity contribution in [2.45, 2.75) is 126 Å². The minimum absolute atomic E-state index is 0.0284. The second kappa shape index (κ2) is 13.6. The number of nitrogens with zero attached hydrogens (tertiary/aromatic N) is 1. The molecule has 13 unspecified atom stereocenters. The van der Waals surface area contributed by atoms with E-state index in [1.165, 1.54) is 0 Å². The van der Waals surface area contributed by atoms with Crippen molar-refractivity contribution < 1.29 is 33.3 Å². The smallest absolute Gasteiger partial charge is 0.248 e. The molecule has 3 saturated carbocycles. The van der Waals surface area contributed by atoms with Crippen LogP contribution in [0.5, 0.6) is 0 Å². The van der Waals surface area contributed by atoms with E-state index < -0.39 is 6.10 Å². The monoisotopic (exact) mass is 605 g/mol. The van der Waals surface area contributed by atoms with Crippen molar-refractivity contribution >= 4 is 11.8 Å². The fraction of sp³-hybridized carbons (Fsp3) is 0.939. The molecule has 14 atom stereocenters. The van der Waals surface area contributed by atoms with Gasteiger partial charge in [-0.15, -0.1) is 0 Å². The number of rotatable bonds is 10. The minimum atomic E-state index is -0.486. The maximum atomic E-state index is 14.3. The van der Waals surface area contributed by atoms with Crippen molar-refractivity contribution in [1.29, 1.82) is 0 Å². The predicted molar refractivity (Wildman–Crippen MR) is 160 cm³/mol. The first-order chi connectivity index (χ1) is 20.9. The van der Waals surface area contributed by atoms with Gasteiger partial charge in [0.15, 0.2) is 0 Å². The molecule has 0 bridgehead atoms. The summed E-state index contributed by atoms with van der Waals surface area (Å²) < 4.78 is 29.4. The number of methoxy groups -OCH3 is 4. The fourth-order valence-electron chi connectivity index (χ4n) is 10.3. The highest BCUT2D eigenvalue weighted by atomic mass is 16.5. The zero-order chi connectivity index (χ0) is 30.2. The maximum Gasteiger partial charge on any atom is 0.248 e. The van der Waals surface area contributed by atoms with Crippen LogP contribution in [-0.2, 0) is 33.3 Å². The first-order valence-corrected chi connectivity index (χ1v) is 17.0. The second-order valence-corrected chi connectivity index (χ2v) is 14.2. The normalized spacial score (nSPS) is 44.7. The lowest BCUT2D eigenvalue weighted by molar-refractivity contribution is -0.175. The van der Waals surface area contributed by atoms with Crippen LogP contribution in [0.2, 0.25) is 0 Å². The van der Waals surface area contributed by atoms with Crippen LogP contribution in [0.4, 0.5) is 0 Å². The Labute approximate surface area is 257 Å². The molecule has 0 aromatic heterocycles. The van der Waals surface area contributed by atoms with Crippen molar-refractivity contribution in [2.75, 3.05) is 41.5 Å². The Balaban J connectivity index is 1.04. The first-order valence-electron chi connectivity index (χ1n) is 17.0. The van der Waals surface area contributed by atoms with Gasteiger partial charge in [-0.3, -0.25) is 9.59 Å². The highest BCUT2D eigenvalue weighted by Crippen LogP contribution is 2.54. The molecule has 6 aliphatic rings. The van der Waals surface area contributed by atoms with Crippen LogP contribution in [0, 0.1) is 29.6 Å². The Morgan fingerprint density at radius 1 is 0.884 bits per heavy atom. The number of piperidine rings is 2. The zero-order valence-corrected chi connectivity index (χ0v) is 26.9. The lowest BCUT2D eigenvalue weighted by Gasteiger charge is -2.55. The average molecular weight is 606 g/mol. The van der Waals surface area contributed by atoms with E-state index in [2.05, 4.69) is 15.5 Å². The Morgan fingerprint density at radius 3 is 2.40 bits per heavy atom. The molecular formula is C33H55N3O7. The van der Waals surface area contributed by atoms with E-state index in [0.717, 1.165) is 70.8 Å². The Morgan fingerprint density at radius 2 is 1.65 bits per heavy atom. The number of nitrogens with one attached hydrogen (secondary N) is 2. The molecule has 0 aromatic carbocycles. The van der Waals surface area contributed by atoms with Crippen LogP contribution in [0.3, 0.4) is 0 Å². The molecule has 3 heterocycles. The van der Waals surface area contributed by atoms with Crippen LogP contribution in [-0.4, -0.2) is 113 Å². The summed E-state index contributed by atoms with van der Waals surface area (Å²) in [7, 11) is 6.98.